The largest absolute Gasteiger partial charge is 0.508 e. The first-order valence-electron chi connectivity index (χ1n) is 5.17. The van der Waals surface area contributed by atoms with Gasteiger partial charge in [-0.3, -0.25) is 0 Å². The van der Waals surface area contributed by atoms with E-state index in [1.807, 2.05) is 32.9 Å². The third kappa shape index (κ3) is 3.08. The van der Waals surface area contributed by atoms with E-state index in [-0.39, 0.29) is 17.1 Å². The van der Waals surface area contributed by atoms with Gasteiger partial charge in [-0.05, 0) is 23.5 Å². The number of aromatic hydroxyl groups is 1. The van der Waals surface area contributed by atoms with Gasteiger partial charge < -0.3 is 9.90 Å². The van der Waals surface area contributed by atoms with Crippen molar-refractivity contribution in [1.82, 2.24) is 0 Å². The van der Waals surface area contributed by atoms with Crippen LogP contribution in [0, 0.1) is 11.3 Å². The summed E-state index contributed by atoms with van der Waals surface area (Å²) in [5.41, 5.74) is 0.772. The molecule has 0 amide bonds. The molecule has 1 atom stereocenters. The number of aldehydes is 1. The van der Waals surface area contributed by atoms with Gasteiger partial charge in [-0.25, -0.2) is 0 Å². The van der Waals surface area contributed by atoms with Crippen LogP contribution in [-0.2, 0) is 11.2 Å². The summed E-state index contributed by atoms with van der Waals surface area (Å²) in [5, 5.41) is 9.60. The summed E-state index contributed by atoms with van der Waals surface area (Å²) in [5.74, 6) is 0.208. The highest BCUT2D eigenvalue weighted by Crippen LogP contribution is 2.29. The maximum absolute atomic E-state index is 11.0. The van der Waals surface area contributed by atoms with Crippen LogP contribution >= 0.6 is 0 Å². The third-order valence-electron chi connectivity index (χ3n) is 2.71. The molecular weight excluding hydrogens is 188 g/mol. The smallest absolute Gasteiger partial charge is 0.123 e. The van der Waals surface area contributed by atoms with Crippen LogP contribution in [0.1, 0.15) is 26.3 Å². The molecule has 1 aromatic carbocycles. The van der Waals surface area contributed by atoms with Gasteiger partial charge in [-0.1, -0.05) is 39.0 Å². The molecule has 0 aliphatic rings. The molecule has 1 N–H and O–H groups in total. The summed E-state index contributed by atoms with van der Waals surface area (Å²) in [4.78, 5) is 11.0. The van der Waals surface area contributed by atoms with E-state index in [0.717, 1.165) is 11.8 Å². The van der Waals surface area contributed by atoms with E-state index in [0.29, 0.717) is 6.42 Å². The Kier molecular flexibility index (Phi) is 3.51. The molecule has 0 fully saturated rings. The monoisotopic (exact) mass is 206 g/mol. The summed E-state index contributed by atoms with van der Waals surface area (Å²) < 4.78 is 0. The predicted molar refractivity (Wildman–Crippen MR) is 60.8 cm³/mol. The molecule has 1 rings (SSSR count). The molecule has 2 heteroatoms. The predicted octanol–water partition coefficient (Wildman–Crippen LogP) is 2.80. The zero-order valence-electron chi connectivity index (χ0n) is 9.53. The van der Waals surface area contributed by atoms with Gasteiger partial charge in [0.05, 0.1) is 0 Å². The Morgan fingerprint density at radius 3 is 2.40 bits per heavy atom. The summed E-state index contributed by atoms with van der Waals surface area (Å²) in [6.45, 7) is 6.10. The normalized spacial score (nSPS) is 13.5. The first-order valence-corrected chi connectivity index (χ1v) is 5.17. The fourth-order valence-corrected chi connectivity index (χ4v) is 1.48. The standard InChI is InChI=1S/C13H18O2/c1-13(2,3)11(9-14)8-10-6-4-5-7-12(10)15/h4-7,9,11,15H,8H2,1-3H3. The second kappa shape index (κ2) is 4.47. The van der Waals surface area contributed by atoms with Crippen molar-refractivity contribution in [2.75, 3.05) is 0 Å². The second-order valence-electron chi connectivity index (χ2n) is 4.94. The van der Waals surface area contributed by atoms with Crippen LogP contribution in [0.4, 0.5) is 0 Å². The number of carbonyl (C=O) groups is 1. The summed E-state index contributed by atoms with van der Waals surface area (Å²) in [7, 11) is 0. The number of hydrogen-bond acceptors (Lipinski definition) is 2. The minimum Gasteiger partial charge on any atom is -0.508 e. The molecule has 0 bridgehead atoms. The van der Waals surface area contributed by atoms with E-state index >= 15 is 0 Å². The first-order chi connectivity index (χ1) is 6.95. The van der Waals surface area contributed by atoms with Gasteiger partial charge in [-0.2, -0.15) is 0 Å². The minimum absolute atomic E-state index is 0.0641. The van der Waals surface area contributed by atoms with Gasteiger partial charge in [0.15, 0.2) is 0 Å². The van der Waals surface area contributed by atoms with Crippen molar-refractivity contribution in [3.8, 4) is 5.75 Å². The number of phenolic OH excluding ortho intramolecular Hbond substituents is 1. The summed E-state index contributed by atoms with van der Waals surface area (Å²) in [6.07, 6.45) is 1.58. The molecule has 2 nitrogen and oxygen atoms in total. The van der Waals surface area contributed by atoms with Crippen LogP contribution in [-0.4, -0.2) is 11.4 Å². The number of hydrogen-bond donors (Lipinski definition) is 1. The Morgan fingerprint density at radius 1 is 1.33 bits per heavy atom. The zero-order valence-corrected chi connectivity index (χ0v) is 9.53. The van der Waals surface area contributed by atoms with Crippen LogP contribution in [0.2, 0.25) is 0 Å². The van der Waals surface area contributed by atoms with Crippen molar-refractivity contribution in [3.05, 3.63) is 29.8 Å². The number of rotatable bonds is 3. The van der Waals surface area contributed by atoms with Crippen LogP contribution in [0.3, 0.4) is 0 Å². The molecule has 0 aliphatic carbocycles. The Bertz CT molecular complexity index is 337. The van der Waals surface area contributed by atoms with Crippen molar-refractivity contribution < 1.29 is 9.90 Å². The molecule has 0 saturated heterocycles. The topological polar surface area (TPSA) is 37.3 Å². The fraction of sp³-hybridized carbons (Fsp3) is 0.462. The average Bonchev–Trinajstić information content (AvgIpc) is 2.14. The molecule has 0 saturated carbocycles. The molecule has 15 heavy (non-hydrogen) atoms. The van der Waals surface area contributed by atoms with Crippen molar-refractivity contribution in [3.63, 3.8) is 0 Å². The minimum atomic E-state index is -0.0654. The van der Waals surface area contributed by atoms with Gasteiger partial charge in [0, 0.05) is 5.92 Å². The molecule has 0 heterocycles. The van der Waals surface area contributed by atoms with Crippen LogP contribution < -0.4 is 0 Å². The Morgan fingerprint density at radius 2 is 1.93 bits per heavy atom. The van der Waals surface area contributed by atoms with Crippen molar-refractivity contribution >= 4 is 6.29 Å². The SMILES string of the molecule is CC(C)(C)C(C=O)Cc1ccccc1O. The van der Waals surface area contributed by atoms with E-state index in [1.165, 1.54) is 0 Å². The molecule has 1 unspecified atom stereocenters. The second-order valence-corrected chi connectivity index (χ2v) is 4.94. The van der Waals surface area contributed by atoms with Gasteiger partial charge in [0.1, 0.15) is 12.0 Å². The molecule has 0 spiro atoms. The van der Waals surface area contributed by atoms with Gasteiger partial charge in [-0.15, -0.1) is 0 Å². The maximum atomic E-state index is 11.0. The van der Waals surface area contributed by atoms with Crippen molar-refractivity contribution in [2.45, 2.75) is 27.2 Å². The lowest BCUT2D eigenvalue weighted by Crippen LogP contribution is -2.23. The van der Waals surface area contributed by atoms with Crippen LogP contribution in [0.5, 0.6) is 5.75 Å². The highest BCUT2D eigenvalue weighted by molar-refractivity contribution is 5.56. The van der Waals surface area contributed by atoms with E-state index in [9.17, 15) is 9.90 Å². The lowest BCUT2D eigenvalue weighted by atomic mass is 9.78. The summed E-state index contributed by atoms with van der Waals surface area (Å²) >= 11 is 0. The van der Waals surface area contributed by atoms with Crippen molar-refractivity contribution in [1.29, 1.82) is 0 Å². The molecule has 0 radical (unpaired) electrons. The quantitative estimate of drug-likeness (QED) is 0.772. The number of phenols is 1. The van der Waals surface area contributed by atoms with Crippen LogP contribution in [0.25, 0.3) is 0 Å². The molecule has 82 valence electrons. The Balaban J connectivity index is 2.85. The van der Waals surface area contributed by atoms with Crippen molar-refractivity contribution in [2.24, 2.45) is 11.3 Å². The average molecular weight is 206 g/mol. The molecule has 1 aromatic rings. The first kappa shape index (κ1) is 11.8. The van der Waals surface area contributed by atoms with Crippen LogP contribution in [0.15, 0.2) is 24.3 Å². The number of para-hydroxylation sites is 1. The van der Waals surface area contributed by atoms with E-state index in [2.05, 4.69) is 0 Å². The molecule has 0 aromatic heterocycles. The third-order valence-corrected chi connectivity index (χ3v) is 2.71. The Labute approximate surface area is 90.9 Å². The lowest BCUT2D eigenvalue weighted by molar-refractivity contribution is -0.113. The molecular formula is C13H18O2. The van der Waals surface area contributed by atoms with E-state index in [1.54, 1.807) is 12.1 Å². The van der Waals surface area contributed by atoms with E-state index < -0.39 is 0 Å². The Hall–Kier alpha value is -1.31. The lowest BCUT2D eigenvalue weighted by Gasteiger charge is -2.26. The van der Waals surface area contributed by atoms with E-state index in [4.69, 9.17) is 0 Å². The number of benzene rings is 1. The highest BCUT2D eigenvalue weighted by Gasteiger charge is 2.24. The fourth-order valence-electron chi connectivity index (χ4n) is 1.48. The number of carbonyl (C=O) groups excluding carboxylic acids is 1. The maximum Gasteiger partial charge on any atom is 0.123 e. The summed E-state index contributed by atoms with van der Waals surface area (Å²) in [6, 6.07) is 7.17. The zero-order chi connectivity index (χ0) is 11.5. The van der Waals surface area contributed by atoms with Gasteiger partial charge in [0.2, 0.25) is 0 Å². The highest BCUT2D eigenvalue weighted by atomic mass is 16.3. The molecule has 0 aliphatic heterocycles. The van der Waals surface area contributed by atoms with Gasteiger partial charge in [0.25, 0.3) is 0 Å². The van der Waals surface area contributed by atoms with Gasteiger partial charge >= 0.3 is 0 Å².